The summed E-state index contributed by atoms with van der Waals surface area (Å²) in [4.78, 5) is 48.5. The van der Waals surface area contributed by atoms with Crippen LogP contribution in [0.25, 0.3) is 0 Å². The van der Waals surface area contributed by atoms with E-state index in [9.17, 15) is 19.2 Å². The van der Waals surface area contributed by atoms with E-state index in [4.69, 9.17) is 5.73 Å². The molecule has 2 aromatic carbocycles. The topological polar surface area (TPSA) is 110 Å². The maximum absolute atomic E-state index is 12.9. The summed E-state index contributed by atoms with van der Waals surface area (Å²) in [5, 5.41) is 0.861. The average Bonchev–Trinajstić information content (AvgIpc) is 2.56. The number of hydrogen-bond donors (Lipinski definition) is 2. The molecule has 0 saturated carbocycles. The number of hydrogen-bond acceptors (Lipinski definition) is 4. The van der Waals surface area contributed by atoms with Gasteiger partial charge in [-0.15, -0.1) is 0 Å². The summed E-state index contributed by atoms with van der Waals surface area (Å²) in [5.74, 6) is -1.26. The first-order chi connectivity index (χ1) is 11.4. The molecule has 3 N–H and O–H groups in total. The zero-order chi connectivity index (χ0) is 17.4. The third kappa shape index (κ3) is 2.32. The number of carbonyl (C=O) groups is 4. The zero-order valence-corrected chi connectivity index (χ0v) is 12.7. The summed E-state index contributed by atoms with van der Waals surface area (Å²) in [7, 11) is 0. The Morgan fingerprint density at radius 2 is 1.50 bits per heavy atom. The number of hydrazine groups is 1. The highest BCUT2D eigenvalue weighted by Crippen LogP contribution is 2.33. The molecule has 0 unspecified atom stereocenters. The molecule has 0 fully saturated rings. The Hall–Kier alpha value is -3.48. The van der Waals surface area contributed by atoms with Crippen molar-refractivity contribution in [1.29, 1.82) is 0 Å². The normalized spacial score (nSPS) is 12.2. The van der Waals surface area contributed by atoms with Crippen LogP contribution in [-0.2, 0) is 4.79 Å². The van der Waals surface area contributed by atoms with Crippen LogP contribution in [0.3, 0.4) is 0 Å². The van der Waals surface area contributed by atoms with Crippen molar-refractivity contribution in [2.45, 2.75) is 6.92 Å². The average molecular weight is 323 g/mol. The quantitative estimate of drug-likeness (QED) is 0.659. The van der Waals surface area contributed by atoms with E-state index >= 15 is 0 Å². The van der Waals surface area contributed by atoms with Gasteiger partial charge in [-0.05, 0) is 6.07 Å². The molecule has 0 aromatic heterocycles. The van der Waals surface area contributed by atoms with E-state index in [1.807, 2.05) is 0 Å². The van der Waals surface area contributed by atoms with Crippen molar-refractivity contribution < 1.29 is 19.2 Å². The molecule has 0 saturated heterocycles. The lowest BCUT2D eigenvalue weighted by Crippen LogP contribution is -2.48. The Bertz CT molecular complexity index is 904. The van der Waals surface area contributed by atoms with Crippen LogP contribution in [0.2, 0.25) is 0 Å². The van der Waals surface area contributed by atoms with E-state index in [2.05, 4.69) is 5.43 Å². The van der Waals surface area contributed by atoms with Gasteiger partial charge in [0.15, 0.2) is 11.6 Å². The number of urea groups is 1. The summed E-state index contributed by atoms with van der Waals surface area (Å²) in [5.41, 5.74) is 8.15. The molecule has 24 heavy (non-hydrogen) atoms. The minimum atomic E-state index is -0.960. The Labute approximate surface area is 137 Å². The number of fused-ring (bicyclic) bond motifs is 2. The van der Waals surface area contributed by atoms with E-state index in [-0.39, 0.29) is 28.2 Å². The third-order valence-electron chi connectivity index (χ3n) is 3.71. The Morgan fingerprint density at radius 1 is 0.917 bits per heavy atom. The predicted molar refractivity (Wildman–Crippen MR) is 85.6 cm³/mol. The highest BCUT2D eigenvalue weighted by molar-refractivity contribution is 6.30. The van der Waals surface area contributed by atoms with Crippen molar-refractivity contribution in [3.05, 3.63) is 64.7 Å². The van der Waals surface area contributed by atoms with Crippen LogP contribution in [0.1, 0.15) is 38.8 Å². The zero-order valence-electron chi connectivity index (χ0n) is 12.7. The molecule has 1 aliphatic rings. The molecular weight excluding hydrogens is 310 g/mol. The van der Waals surface area contributed by atoms with Crippen molar-refractivity contribution >= 4 is 29.2 Å². The molecular formula is C17H13N3O4. The lowest BCUT2D eigenvalue weighted by atomic mass is 9.83. The lowest BCUT2D eigenvalue weighted by Gasteiger charge is -2.26. The first-order valence-electron chi connectivity index (χ1n) is 7.10. The number of nitrogens with zero attached hydrogens (tertiary/aromatic N) is 1. The molecule has 120 valence electrons. The van der Waals surface area contributed by atoms with Gasteiger partial charge < -0.3 is 5.73 Å². The van der Waals surface area contributed by atoms with Crippen LogP contribution in [0.15, 0.2) is 42.5 Å². The number of carbonyl (C=O) groups excluding carboxylic acids is 4. The summed E-state index contributed by atoms with van der Waals surface area (Å²) in [6.07, 6.45) is 0. The van der Waals surface area contributed by atoms with Crippen LogP contribution in [0, 0.1) is 0 Å². The second-order valence-electron chi connectivity index (χ2n) is 5.23. The van der Waals surface area contributed by atoms with E-state index < -0.39 is 17.7 Å². The first kappa shape index (κ1) is 15.4. The van der Waals surface area contributed by atoms with Crippen molar-refractivity contribution in [1.82, 2.24) is 5.43 Å². The van der Waals surface area contributed by atoms with E-state index in [1.54, 1.807) is 24.3 Å². The number of nitrogens with two attached hydrogens (primary N) is 1. The van der Waals surface area contributed by atoms with Crippen molar-refractivity contribution in [3.8, 4) is 0 Å². The highest BCUT2D eigenvalue weighted by atomic mass is 16.2. The lowest BCUT2D eigenvalue weighted by molar-refractivity contribution is -0.117. The first-order valence-corrected chi connectivity index (χ1v) is 7.10. The van der Waals surface area contributed by atoms with E-state index in [0.717, 1.165) is 5.01 Å². The smallest absolute Gasteiger partial charge is 0.331 e. The molecule has 3 rings (SSSR count). The number of primary amides is 1. The second-order valence-corrected chi connectivity index (χ2v) is 5.23. The fraction of sp³-hybridized carbons (Fsp3) is 0.0588. The summed E-state index contributed by atoms with van der Waals surface area (Å²) < 4.78 is 0. The predicted octanol–water partition coefficient (Wildman–Crippen LogP) is 1.40. The molecule has 0 aliphatic heterocycles. The SMILES string of the molecule is CC(=O)N(NC(N)=O)c1cccc2c1C(=O)c1ccccc1C2=O. The third-order valence-corrected chi connectivity index (χ3v) is 3.71. The van der Waals surface area contributed by atoms with Gasteiger partial charge in [-0.25, -0.2) is 15.2 Å². The minimum Gasteiger partial charge on any atom is -0.350 e. The monoisotopic (exact) mass is 323 g/mol. The fourth-order valence-corrected chi connectivity index (χ4v) is 2.73. The van der Waals surface area contributed by atoms with Crippen LogP contribution in [0.4, 0.5) is 10.5 Å². The largest absolute Gasteiger partial charge is 0.350 e. The van der Waals surface area contributed by atoms with Gasteiger partial charge in [0, 0.05) is 23.6 Å². The molecule has 3 amide bonds. The van der Waals surface area contributed by atoms with Gasteiger partial charge >= 0.3 is 6.03 Å². The van der Waals surface area contributed by atoms with Crippen molar-refractivity contribution in [2.24, 2.45) is 5.73 Å². The van der Waals surface area contributed by atoms with Gasteiger partial charge in [-0.2, -0.15) is 0 Å². The molecule has 0 bridgehead atoms. The second kappa shape index (κ2) is 5.62. The van der Waals surface area contributed by atoms with Crippen LogP contribution >= 0.6 is 0 Å². The van der Waals surface area contributed by atoms with Gasteiger partial charge in [-0.1, -0.05) is 36.4 Å². The molecule has 0 radical (unpaired) electrons. The van der Waals surface area contributed by atoms with Gasteiger partial charge in [0.05, 0.1) is 11.3 Å². The Morgan fingerprint density at radius 3 is 2.08 bits per heavy atom. The fourth-order valence-electron chi connectivity index (χ4n) is 2.73. The highest BCUT2D eigenvalue weighted by Gasteiger charge is 2.33. The summed E-state index contributed by atoms with van der Waals surface area (Å²) >= 11 is 0. The number of benzene rings is 2. The van der Waals surface area contributed by atoms with Crippen LogP contribution in [0.5, 0.6) is 0 Å². The van der Waals surface area contributed by atoms with Crippen molar-refractivity contribution in [2.75, 3.05) is 5.01 Å². The molecule has 2 aromatic rings. The number of ketones is 2. The molecule has 1 aliphatic carbocycles. The summed E-state index contributed by atoms with van der Waals surface area (Å²) in [6.45, 7) is 1.21. The molecule has 7 heteroatoms. The Balaban J connectivity index is 2.23. The van der Waals surface area contributed by atoms with Crippen LogP contribution in [-0.4, -0.2) is 23.5 Å². The van der Waals surface area contributed by atoms with Gasteiger partial charge in [0.2, 0.25) is 5.91 Å². The standard InChI is InChI=1S/C17H13N3O4/c1-9(21)20(19-17(18)24)13-8-4-7-12-14(13)16(23)11-6-3-2-5-10(11)15(12)22/h2-8H,1H3,(H3,18,19,24). The number of rotatable bonds is 1. The molecule has 7 nitrogen and oxygen atoms in total. The van der Waals surface area contributed by atoms with E-state index in [1.165, 1.54) is 25.1 Å². The van der Waals surface area contributed by atoms with Crippen LogP contribution < -0.4 is 16.2 Å². The van der Waals surface area contributed by atoms with Gasteiger partial charge in [-0.3, -0.25) is 14.4 Å². The Kier molecular flexibility index (Phi) is 3.61. The maximum Gasteiger partial charge on any atom is 0.331 e. The molecule has 0 atom stereocenters. The van der Waals surface area contributed by atoms with E-state index in [0.29, 0.717) is 5.56 Å². The number of amides is 3. The number of anilines is 1. The van der Waals surface area contributed by atoms with Gasteiger partial charge in [0.25, 0.3) is 0 Å². The van der Waals surface area contributed by atoms with Crippen molar-refractivity contribution in [3.63, 3.8) is 0 Å². The maximum atomic E-state index is 12.9. The molecule has 0 spiro atoms. The number of nitrogens with one attached hydrogen (secondary N) is 1. The van der Waals surface area contributed by atoms with Gasteiger partial charge in [0.1, 0.15) is 0 Å². The molecule has 0 heterocycles. The minimum absolute atomic E-state index is 0.0603. The summed E-state index contributed by atoms with van der Waals surface area (Å²) in [6, 6.07) is 10.0.